The van der Waals surface area contributed by atoms with E-state index >= 15 is 0 Å². The molecule has 0 N–H and O–H groups in total. The molecule has 2 aromatic carbocycles. The molecule has 18 heavy (non-hydrogen) atoms. The Kier molecular flexibility index (Phi) is 3.77. The van der Waals surface area contributed by atoms with Crippen LogP contribution < -0.4 is 4.74 Å². The zero-order valence-electron chi connectivity index (χ0n) is 9.09. The Morgan fingerprint density at radius 1 is 0.889 bits per heavy atom. The molecule has 1 nitrogen and oxygen atoms in total. The Balaban J connectivity index is 2.40. The van der Waals surface area contributed by atoms with E-state index in [0.29, 0.717) is 0 Å². The van der Waals surface area contributed by atoms with Crippen LogP contribution in [0.5, 0.6) is 11.5 Å². The second kappa shape index (κ2) is 5.31. The minimum atomic E-state index is -1.12. The fraction of sp³-hybridized carbons (Fsp3) is 0.0769. The third-order valence-electron chi connectivity index (χ3n) is 2.35. The fourth-order valence-electron chi connectivity index (χ4n) is 1.45. The Morgan fingerprint density at radius 2 is 1.50 bits per heavy atom. The van der Waals surface area contributed by atoms with Crippen molar-refractivity contribution in [2.24, 2.45) is 0 Å². The van der Waals surface area contributed by atoms with Crippen molar-refractivity contribution in [3.8, 4) is 11.5 Å². The molecule has 0 amide bonds. The van der Waals surface area contributed by atoms with Gasteiger partial charge in [-0.25, -0.2) is 8.78 Å². The van der Waals surface area contributed by atoms with Gasteiger partial charge in [-0.1, -0.05) is 12.1 Å². The first-order valence-corrected chi connectivity index (χ1v) is 5.62. The van der Waals surface area contributed by atoms with Crippen molar-refractivity contribution in [2.45, 2.75) is 5.88 Å². The lowest BCUT2D eigenvalue weighted by Gasteiger charge is -2.10. The lowest BCUT2D eigenvalue weighted by molar-refractivity contribution is 0.411. The Labute approximate surface area is 107 Å². The molecule has 0 unspecified atom stereocenters. The van der Waals surface area contributed by atoms with Crippen LogP contribution in [0.4, 0.5) is 13.2 Å². The van der Waals surface area contributed by atoms with Gasteiger partial charge in [0.05, 0.1) is 5.88 Å². The van der Waals surface area contributed by atoms with Crippen LogP contribution in [-0.4, -0.2) is 0 Å². The Hall–Kier alpha value is -1.68. The van der Waals surface area contributed by atoms with Gasteiger partial charge in [-0.3, -0.25) is 0 Å². The van der Waals surface area contributed by atoms with Gasteiger partial charge >= 0.3 is 0 Å². The zero-order valence-corrected chi connectivity index (χ0v) is 9.85. The van der Waals surface area contributed by atoms with E-state index in [1.54, 1.807) is 0 Å². The highest BCUT2D eigenvalue weighted by atomic mass is 35.5. The third-order valence-corrected chi connectivity index (χ3v) is 2.61. The average Bonchev–Trinajstić information content (AvgIpc) is 2.35. The topological polar surface area (TPSA) is 9.23 Å². The molecule has 5 heteroatoms. The van der Waals surface area contributed by atoms with Crippen molar-refractivity contribution in [3.63, 3.8) is 0 Å². The van der Waals surface area contributed by atoms with Crippen LogP contribution in [0.25, 0.3) is 0 Å². The second-order valence-corrected chi connectivity index (χ2v) is 3.77. The molecule has 0 aromatic heterocycles. The summed E-state index contributed by atoms with van der Waals surface area (Å²) in [4.78, 5) is 0. The van der Waals surface area contributed by atoms with E-state index in [1.807, 2.05) is 0 Å². The van der Waals surface area contributed by atoms with Gasteiger partial charge in [0.2, 0.25) is 5.82 Å². The molecule has 2 rings (SSSR count). The quantitative estimate of drug-likeness (QED) is 0.740. The molecule has 0 saturated heterocycles. The third kappa shape index (κ3) is 2.43. The number of rotatable bonds is 3. The van der Waals surface area contributed by atoms with Crippen molar-refractivity contribution < 1.29 is 17.9 Å². The van der Waals surface area contributed by atoms with E-state index in [0.717, 1.165) is 6.07 Å². The first kappa shape index (κ1) is 12.8. The van der Waals surface area contributed by atoms with Gasteiger partial charge < -0.3 is 4.74 Å². The molecule has 2 aromatic rings. The van der Waals surface area contributed by atoms with E-state index in [4.69, 9.17) is 16.3 Å². The second-order valence-electron chi connectivity index (χ2n) is 3.50. The summed E-state index contributed by atoms with van der Waals surface area (Å²) in [5.74, 6) is -3.08. The molecular formula is C13H8ClF3O. The van der Waals surface area contributed by atoms with Crippen LogP contribution in [0.3, 0.4) is 0 Å². The van der Waals surface area contributed by atoms with Gasteiger partial charge in [0.15, 0.2) is 11.6 Å². The van der Waals surface area contributed by atoms with Crippen LogP contribution in [0, 0.1) is 17.5 Å². The van der Waals surface area contributed by atoms with Gasteiger partial charge in [-0.15, -0.1) is 11.6 Å². The molecule has 0 spiro atoms. The summed E-state index contributed by atoms with van der Waals surface area (Å²) in [6.07, 6.45) is 0. The molecule has 0 aliphatic heterocycles. The molecule has 0 atom stereocenters. The number of ether oxygens (including phenoxy) is 1. The summed E-state index contributed by atoms with van der Waals surface area (Å²) in [5.41, 5.74) is 0.0998. The number of benzene rings is 2. The molecule has 0 aliphatic carbocycles. The lowest BCUT2D eigenvalue weighted by atomic mass is 10.2. The molecule has 94 valence electrons. The van der Waals surface area contributed by atoms with E-state index in [9.17, 15) is 13.2 Å². The van der Waals surface area contributed by atoms with Crippen molar-refractivity contribution >= 4 is 11.6 Å². The Bertz CT molecular complexity index is 572. The first-order chi connectivity index (χ1) is 8.63. The summed E-state index contributed by atoms with van der Waals surface area (Å²) < 4.78 is 44.9. The predicted molar refractivity (Wildman–Crippen MR) is 62.4 cm³/mol. The summed E-state index contributed by atoms with van der Waals surface area (Å²) in [7, 11) is 0. The molecule has 0 aliphatic rings. The van der Waals surface area contributed by atoms with Crippen LogP contribution in [0.2, 0.25) is 0 Å². The summed E-state index contributed by atoms with van der Waals surface area (Å²) >= 11 is 5.59. The maximum Gasteiger partial charge on any atom is 0.201 e. The van der Waals surface area contributed by atoms with Crippen molar-refractivity contribution in [1.29, 1.82) is 0 Å². The number of hydrogen-bond acceptors (Lipinski definition) is 1. The van der Waals surface area contributed by atoms with Gasteiger partial charge in [0.25, 0.3) is 0 Å². The fourth-order valence-corrected chi connectivity index (χ4v) is 1.70. The number of alkyl halides is 1. The van der Waals surface area contributed by atoms with Gasteiger partial charge in [0, 0.05) is 5.56 Å². The van der Waals surface area contributed by atoms with Crippen molar-refractivity contribution in [3.05, 3.63) is 59.4 Å². The monoisotopic (exact) mass is 272 g/mol. The molecular weight excluding hydrogens is 265 g/mol. The van der Waals surface area contributed by atoms with Gasteiger partial charge in [0.1, 0.15) is 11.6 Å². The maximum absolute atomic E-state index is 13.4. The first-order valence-electron chi connectivity index (χ1n) is 5.08. The van der Waals surface area contributed by atoms with Crippen molar-refractivity contribution in [2.75, 3.05) is 0 Å². The van der Waals surface area contributed by atoms with E-state index in [2.05, 4.69) is 0 Å². The minimum absolute atomic E-state index is 0.0644. The summed E-state index contributed by atoms with van der Waals surface area (Å²) in [6.45, 7) is 0. The van der Waals surface area contributed by atoms with Crippen molar-refractivity contribution in [1.82, 2.24) is 0 Å². The zero-order chi connectivity index (χ0) is 13.1. The van der Waals surface area contributed by atoms with E-state index in [-0.39, 0.29) is 22.9 Å². The van der Waals surface area contributed by atoms with Crippen LogP contribution in [-0.2, 0) is 5.88 Å². The highest BCUT2D eigenvalue weighted by molar-refractivity contribution is 6.17. The molecule has 0 fully saturated rings. The summed E-state index contributed by atoms with van der Waals surface area (Å²) in [6, 6.07) is 7.57. The highest BCUT2D eigenvalue weighted by Gasteiger charge is 2.13. The maximum atomic E-state index is 13.4. The smallest absolute Gasteiger partial charge is 0.201 e. The van der Waals surface area contributed by atoms with E-state index in [1.165, 1.54) is 30.3 Å². The molecule has 0 bridgehead atoms. The highest BCUT2D eigenvalue weighted by Crippen LogP contribution is 2.30. The van der Waals surface area contributed by atoms with E-state index < -0.39 is 17.5 Å². The number of hydrogen-bond donors (Lipinski definition) is 0. The standard InChI is InChI=1S/C13H8ClF3O/c14-7-8-9(15)3-1-5-11(8)18-12-6-2-4-10(16)13(12)17/h1-6H,7H2. The SMILES string of the molecule is Fc1cccc(Oc2cccc(F)c2CCl)c1F. The lowest BCUT2D eigenvalue weighted by Crippen LogP contribution is -1.96. The van der Waals surface area contributed by atoms with Crippen LogP contribution in [0.15, 0.2) is 36.4 Å². The molecule has 0 radical (unpaired) electrons. The average molecular weight is 273 g/mol. The normalized spacial score (nSPS) is 10.4. The largest absolute Gasteiger partial charge is 0.454 e. The summed E-state index contributed by atoms with van der Waals surface area (Å²) in [5, 5.41) is 0. The molecule has 0 heterocycles. The minimum Gasteiger partial charge on any atom is -0.454 e. The predicted octanol–water partition coefficient (Wildman–Crippen LogP) is 4.64. The number of halogens is 4. The van der Waals surface area contributed by atoms with Gasteiger partial charge in [-0.2, -0.15) is 4.39 Å². The van der Waals surface area contributed by atoms with Gasteiger partial charge in [-0.05, 0) is 24.3 Å². The van der Waals surface area contributed by atoms with Crippen LogP contribution >= 0.6 is 11.6 Å². The van der Waals surface area contributed by atoms with Crippen LogP contribution in [0.1, 0.15) is 5.56 Å². The Morgan fingerprint density at radius 3 is 2.17 bits per heavy atom. The molecule has 0 saturated carbocycles.